The van der Waals surface area contributed by atoms with Gasteiger partial charge < -0.3 is 10.5 Å². The van der Waals surface area contributed by atoms with Gasteiger partial charge in [-0.15, -0.1) is 0 Å². The van der Waals surface area contributed by atoms with Crippen LogP contribution in [0, 0.1) is 5.92 Å². The largest absolute Gasteiger partial charge is 0.381 e. The van der Waals surface area contributed by atoms with Crippen molar-refractivity contribution in [2.75, 3.05) is 26.8 Å². The normalized spacial score (nSPS) is 20.6. The van der Waals surface area contributed by atoms with E-state index in [9.17, 15) is 0 Å². The summed E-state index contributed by atoms with van der Waals surface area (Å²) >= 11 is 1.76. The van der Waals surface area contributed by atoms with Crippen LogP contribution in [0.2, 0.25) is 0 Å². The van der Waals surface area contributed by atoms with Gasteiger partial charge in [0.25, 0.3) is 0 Å². The Morgan fingerprint density at radius 2 is 2.21 bits per heavy atom. The molecular formula is C15H26N2OS. The fourth-order valence-corrected chi connectivity index (χ4v) is 3.63. The molecule has 0 spiro atoms. The van der Waals surface area contributed by atoms with Gasteiger partial charge in [0.05, 0.1) is 6.04 Å². The predicted molar refractivity (Wildman–Crippen MR) is 81.5 cm³/mol. The highest BCUT2D eigenvalue weighted by atomic mass is 32.1. The maximum absolute atomic E-state index is 6.35. The smallest absolute Gasteiger partial charge is 0.0504 e. The molecule has 1 aromatic rings. The number of ether oxygens (including phenoxy) is 1. The Morgan fingerprint density at radius 1 is 1.47 bits per heavy atom. The Kier molecular flexibility index (Phi) is 5.82. The molecule has 2 atom stereocenters. The van der Waals surface area contributed by atoms with Gasteiger partial charge in [0, 0.05) is 25.8 Å². The fourth-order valence-electron chi connectivity index (χ4n) is 2.94. The molecule has 2 heterocycles. The molecule has 1 fully saturated rings. The quantitative estimate of drug-likeness (QED) is 0.872. The zero-order chi connectivity index (χ0) is 13.7. The molecule has 3 nitrogen and oxygen atoms in total. The lowest BCUT2D eigenvalue weighted by Gasteiger charge is -2.35. The summed E-state index contributed by atoms with van der Waals surface area (Å²) in [5.41, 5.74) is 7.72. The summed E-state index contributed by atoms with van der Waals surface area (Å²) in [5.74, 6) is 0.754. The van der Waals surface area contributed by atoms with Crippen LogP contribution in [0.15, 0.2) is 16.8 Å². The molecule has 1 aromatic heterocycles. The van der Waals surface area contributed by atoms with Gasteiger partial charge in [-0.2, -0.15) is 11.3 Å². The standard InChI is InChI=1S/C15H26N2OS/c1-3-14(16)15(13-6-9-19-11-13)17(2)10-12-4-7-18-8-5-12/h6,9,11-12,14-15H,3-5,7-8,10,16H2,1-2H3. The molecule has 2 unspecified atom stereocenters. The molecule has 1 aliphatic rings. The van der Waals surface area contributed by atoms with Crippen molar-refractivity contribution in [1.29, 1.82) is 0 Å². The van der Waals surface area contributed by atoms with Gasteiger partial charge in [-0.3, -0.25) is 4.90 Å². The Bertz CT molecular complexity index is 349. The third-order valence-corrected chi connectivity index (χ3v) is 4.83. The molecular weight excluding hydrogens is 256 g/mol. The first-order valence-electron chi connectivity index (χ1n) is 7.28. The minimum atomic E-state index is 0.208. The summed E-state index contributed by atoms with van der Waals surface area (Å²) in [7, 11) is 2.22. The number of rotatable bonds is 6. The molecule has 0 amide bonds. The van der Waals surface area contributed by atoms with E-state index in [0.717, 1.165) is 32.1 Å². The molecule has 4 heteroatoms. The second-order valence-electron chi connectivity index (χ2n) is 5.57. The lowest BCUT2D eigenvalue weighted by atomic mass is 9.95. The molecule has 1 saturated heterocycles. The van der Waals surface area contributed by atoms with Crippen LogP contribution in [0.25, 0.3) is 0 Å². The number of likely N-dealkylation sites (N-methyl/N-ethyl adjacent to an activating group) is 1. The zero-order valence-corrected chi connectivity index (χ0v) is 12.9. The highest BCUT2D eigenvalue weighted by molar-refractivity contribution is 7.07. The summed E-state index contributed by atoms with van der Waals surface area (Å²) in [4.78, 5) is 2.45. The minimum absolute atomic E-state index is 0.208. The number of hydrogen-bond acceptors (Lipinski definition) is 4. The molecule has 0 radical (unpaired) electrons. The van der Waals surface area contributed by atoms with Gasteiger partial charge >= 0.3 is 0 Å². The van der Waals surface area contributed by atoms with E-state index in [1.165, 1.54) is 18.4 Å². The molecule has 108 valence electrons. The summed E-state index contributed by atoms with van der Waals surface area (Å²) in [6.45, 7) is 5.13. The third-order valence-electron chi connectivity index (χ3n) is 4.12. The van der Waals surface area contributed by atoms with Crippen molar-refractivity contribution in [3.05, 3.63) is 22.4 Å². The number of hydrogen-bond donors (Lipinski definition) is 1. The molecule has 0 bridgehead atoms. The number of thiophene rings is 1. The van der Waals surface area contributed by atoms with Gasteiger partial charge in [0.15, 0.2) is 0 Å². The molecule has 19 heavy (non-hydrogen) atoms. The van der Waals surface area contributed by atoms with Crippen LogP contribution in [-0.2, 0) is 4.74 Å². The highest BCUT2D eigenvalue weighted by Crippen LogP contribution is 2.28. The molecule has 2 N–H and O–H groups in total. The van der Waals surface area contributed by atoms with Gasteiger partial charge in [0.2, 0.25) is 0 Å². The number of nitrogens with two attached hydrogens (primary N) is 1. The van der Waals surface area contributed by atoms with E-state index in [0.29, 0.717) is 6.04 Å². The van der Waals surface area contributed by atoms with Crippen molar-refractivity contribution >= 4 is 11.3 Å². The summed E-state index contributed by atoms with van der Waals surface area (Å²) < 4.78 is 5.44. The highest BCUT2D eigenvalue weighted by Gasteiger charge is 2.26. The Morgan fingerprint density at radius 3 is 2.79 bits per heavy atom. The minimum Gasteiger partial charge on any atom is -0.381 e. The lowest BCUT2D eigenvalue weighted by molar-refractivity contribution is 0.0481. The SMILES string of the molecule is CCC(N)C(c1ccsc1)N(C)CC1CCOCC1. The van der Waals surface area contributed by atoms with Crippen LogP contribution in [0.1, 0.15) is 37.8 Å². The van der Waals surface area contributed by atoms with Crippen LogP contribution >= 0.6 is 11.3 Å². The molecule has 2 rings (SSSR count). The van der Waals surface area contributed by atoms with E-state index in [2.05, 4.69) is 35.7 Å². The first kappa shape index (κ1) is 15.0. The van der Waals surface area contributed by atoms with E-state index in [1.54, 1.807) is 11.3 Å². The van der Waals surface area contributed by atoms with E-state index in [4.69, 9.17) is 10.5 Å². The maximum atomic E-state index is 6.35. The fraction of sp³-hybridized carbons (Fsp3) is 0.733. The van der Waals surface area contributed by atoms with Gasteiger partial charge in [-0.25, -0.2) is 0 Å². The van der Waals surface area contributed by atoms with Gasteiger partial charge in [-0.05, 0) is 54.6 Å². The first-order chi connectivity index (χ1) is 9.22. The zero-order valence-electron chi connectivity index (χ0n) is 12.0. The second kappa shape index (κ2) is 7.39. The summed E-state index contributed by atoms with van der Waals surface area (Å²) in [6.07, 6.45) is 3.38. The van der Waals surface area contributed by atoms with E-state index in [1.807, 2.05) is 0 Å². The topological polar surface area (TPSA) is 38.5 Å². The van der Waals surface area contributed by atoms with E-state index in [-0.39, 0.29) is 6.04 Å². The Balaban J connectivity index is 2.00. The van der Waals surface area contributed by atoms with Crippen LogP contribution in [0.5, 0.6) is 0 Å². The van der Waals surface area contributed by atoms with Gasteiger partial charge in [0.1, 0.15) is 0 Å². The average molecular weight is 282 g/mol. The maximum Gasteiger partial charge on any atom is 0.0504 e. The van der Waals surface area contributed by atoms with E-state index < -0.39 is 0 Å². The van der Waals surface area contributed by atoms with Gasteiger partial charge in [-0.1, -0.05) is 6.92 Å². The molecule has 1 aliphatic heterocycles. The molecule has 0 saturated carbocycles. The molecule has 0 aliphatic carbocycles. The average Bonchev–Trinajstić information content (AvgIpc) is 2.93. The van der Waals surface area contributed by atoms with Crippen molar-refractivity contribution in [2.45, 2.75) is 38.3 Å². The number of nitrogens with zero attached hydrogens (tertiary/aromatic N) is 1. The van der Waals surface area contributed by atoms with E-state index >= 15 is 0 Å². The predicted octanol–water partition coefficient (Wildman–Crippen LogP) is 2.88. The van der Waals surface area contributed by atoms with Crippen molar-refractivity contribution < 1.29 is 4.74 Å². The van der Waals surface area contributed by atoms with Crippen molar-refractivity contribution in [2.24, 2.45) is 11.7 Å². The third kappa shape index (κ3) is 4.02. The van der Waals surface area contributed by atoms with Crippen LogP contribution in [0.4, 0.5) is 0 Å². The summed E-state index contributed by atoms with van der Waals surface area (Å²) in [6, 6.07) is 2.77. The van der Waals surface area contributed by atoms with Crippen LogP contribution in [0.3, 0.4) is 0 Å². The van der Waals surface area contributed by atoms with Crippen LogP contribution in [-0.4, -0.2) is 37.7 Å². The van der Waals surface area contributed by atoms with Crippen molar-refractivity contribution in [3.8, 4) is 0 Å². The van der Waals surface area contributed by atoms with Crippen molar-refractivity contribution in [3.63, 3.8) is 0 Å². The van der Waals surface area contributed by atoms with Crippen LogP contribution < -0.4 is 5.73 Å². The van der Waals surface area contributed by atoms with Crippen molar-refractivity contribution in [1.82, 2.24) is 4.90 Å². The summed E-state index contributed by atoms with van der Waals surface area (Å²) in [5, 5.41) is 4.38. The lowest BCUT2D eigenvalue weighted by Crippen LogP contribution is -2.41. The molecule has 0 aromatic carbocycles. The first-order valence-corrected chi connectivity index (χ1v) is 8.22. The second-order valence-corrected chi connectivity index (χ2v) is 6.35. The monoisotopic (exact) mass is 282 g/mol. The Labute approximate surface area is 120 Å². The Hall–Kier alpha value is -0.420.